The Morgan fingerprint density at radius 1 is 1.09 bits per heavy atom. The van der Waals surface area contributed by atoms with Crippen molar-refractivity contribution in [1.29, 1.82) is 0 Å². The topological polar surface area (TPSA) is 83.8 Å². The van der Waals surface area contributed by atoms with E-state index >= 15 is 0 Å². The quantitative estimate of drug-likeness (QED) is 0.677. The van der Waals surface area contributed by atoms with Gasteiger partial charge in [0, 0.05) is 24.9 Å². The second-order valence-corrected chi connectivity index (χ2v) is 5.28. The Morgan fingerprint density at radius 3 is 2.43 bits per heavy atom. The molecule has 23 heavy (non-hydrogen) atoms. The standard InChI is InChI=1S/C18H18N4O/c19-16(12-17(23)22-18-20-10-11-21-18)15-8-6-14(7-9-15)13-4-2-1-3-5-13/h1-11,16H,12,19H2,(H2,20,21,22,23). The maximum atomic E-state index is 11.9. The van der Waals surface area contributed by atoms with E-state index in [1.807, 2.05) is 42.5 Å². The lowest BCUT2D eigenvalue weighted by atomic mass is 9.99. The highest BCUT2D eigenvalue weighted by atomic mass is 16.1. The lowest BCUT2D eigenvalue weighted by Gasteiger charge is -2.12. The minimum atomic E-state index is -0.352. The van der Waals surface area contributed by atoms with E-state index in [4.69, 9.17) is 5.73 Å². The van der Waals surface area contributed by atoms with Crippen LogP contribution in [0.1, 0.15) is 18.0 Å². The molecule has 0 aliphatic heterocycles. The van der Waals surface area contributed by atoms with Crippen molar-refractivity contribution >= 4 is 11.9 Å². The average molecular weight is 306 g/mol. The predicted octanol–water partition coefficient (Wildman–Crippen LogP) is 3.11. The molecule has 5 heteroatoms. The summed E-state index contributed by atoms with van der Waals surface area (Å²) in [4.78, 5) is 18.7. The Balaban J connectivity index is 1.63. The van der Waals surface area contributed by atoms with Crippen molar-refractivity contribution in [2.75, 3.05) is 5.32 Å². The summed E-state index contributed by atoms with van der Waals surface area (Å²) in [6.45, 7) is 0. The molecule has 1 aromatic heterocycles. The Labute approximate surface area is 134 Å². The molecule has 5 nitrogen and oxygen atoms in total. The van der Waals surface area contributed by atoms with Crippen LogP contribution >= 0.6 is 0 Å². The molecule has 4 N–H and O–H groups in total. The Morgan fingerprint density at radius 2 is 1.78 bits per heavy atom. The lowest BCUT2D eigenvalue weighted by molar-refractivity contribution is -0.116. The van der Waals surface area contributed by atoms with Crippen LogP contribution in [0.2, 0.25) is 0 Å². The monoisotopic (exact) mass is 306 g/mol. The van der Waals surface area contributed by atoms with Gasteiger partial charge in [-0.1, -0.05) is 54.6 Å². The molecule has 1 heterocycles. The number of benzene rings is 2. The van der Waals surface area contributed by atoms with Crippen LogP contribution in [0, 0.1) is 0 Å². The Hall–Kier alpha value is -2.92. The van der Waals surface area contributed by atoms with Crippen LogP contribution in [0.3, 0.4) is 0 Å². The zero-order valence-corrected chi connectivity index (χ0v) is 12.6. The van der Waals surface area contributed by atoms with Crippen LogP contribution in [0.15, 0.2) is 67.0 Å². The van der Waals surface area contributed by atoms with E-state index in [0.717, 1.165) is 16.7 Å². The van der Waals surface area contributed by atoms with E-state index in [0.29, 0.717) is 5.95 Å². The van der Waals surface area contributed by atoms with E-state index in [2.05, 4.69) is 27.4 Å². The number of anilines is 1. The van der Waals surface area contributed by atoms with Gasteiger partial charge in [0.2, 0.25) is 11.9 Å². The van der Waals surface area contributed by atoms with Gasteiger partial charge in [0.15, 0.2) is 0 Å². The van der Waals surface area contributed by atoms with Gasteiger partial charge in [-0.25, -0.2) is 4.98 Å². The number of amides is 1. The molecule has 1 atom stereocenters. The number of hydrogen-bond acceptors (Lipinski definition) is 3. The summed E-state index contributed by atoms with van der Waals surface area (Å²) in [5.74, 6) is 0.265. The molecule has 0 spiro atoms. The zero-order chi connectivity index (χ0) is 16.1. The highest BCUT2D eigenvalue weighted by Crippen LogP contribution is 2.22. The summed E-state index contributed by atoms with van der Waals surface area (Å²) < 4.78 is 0. The number of nitrogens with two attached hydrogens (primary N) is 1. The molecular weight excluding hydrogens is 288 g/mol. The third kappa shape index (κ3) is 3.84. The van der Waals surface area contributed by atoms with Crippen LogP contribution < -0.4 is 11.1 Å². The Bertz CT molecular complexity index is 751. The maximum absolute atomic E-state index is 11.9. The summed E-state index contributed by atoms with van der Waals surface area (Å²) in [6.07, 6.45) is 3.43. The number of H-pyrrole nitrogens is 1. The van der Waals surface area contributed by atoms with Crippen molar-refractivity contribution in [1.82, 2.24) is 9.97 Å². The van der Waals surface area contributed by atoms with Crippen molar-refractivity contribution in [2.45, 2.75) is 12.5 Å². The van der Waals surface area contributed by atoms with Crippen molar-refractivity contribution in [3.63, 3.8) is 0 Å². The first-order valence-electron chi connectivity index (χ1n) is 7.42. The minimum absolute atomic E-state index is 0.167. The van der Waals surface area contributed by atoms with Crippen molar-refractivity contribution < 1.29 is 4.79 Å². The fourth-order valence-corrected chi connectivity index (χ4v) is 2.39. The van der Waals surface area contributed by atoms with Gasteiger partial charge < -0.3 is 10.7 Å². The molecule has 0 saturated heterocycles. The highest BCUT2D eigenvalue weighted by Gasteiger charge is 2.12. The molecule has 3 rings (SSSR count). The number of rotatable bonds is 5. The van der Waals surface area contributed by atoms with Gasteiger partial charge in [0.25, 0.3) is 0 Å². The highest BCUT2D eigenvalue weighted by molar-refractivity contribution is 5.89. The smallest absolute Gasteiger partial charge is 0.228 e. The summed E-state index contributed by atoms with van der Waals surface area (Å²) in [5, 5.41) is 2.67. The first kappa shape index (κ1) is 15.0. The molecular formula is C18H18N4O. The van der Waals surface area contributed by atoms with Crippen LogP contribution in [0.4, 0.5) is 5.95 Å². The molecule has 1 amide bonds. The molecule has 0 aliphatic rings. The van der Waals surface area contributed by atoms with Gasteiger partial charge in [-0.15, -0.1) is 0 Å². The lowest BCUT2D eigenvalue weighted by Crippen LogP contribution is -2.21. The van der Waals surface area contributed by atoms with Crippen LogP contribution in [0.25, 0.3) is 11.1 Å². The molecule has 2 aromatic carbocycles. The van der Waals surface area contributed by atoms with Crippen molar-refractivity contribution in [3.05, 3.63) is 72.6 Å². The van der Waals surface area contributed by atoms with Crippen molar-refractivity contribution in [2.24, 2.45) is 5.73 Å². The van der Waals surface area contributed by atoms with E-state index in [1.165, 1.54) is 0 Å². The second kappa shape index (κ2) is 6.89. The number of aromatic amines is 1. The van der Waals surface area contributed by atoms with Crippen LogP contribution in [-0.2, 0) is 4.79 Å². The average Bonchev–Trinajstić information content (AvgIpc) is 3.08. The number of nitrogens with one attached hydrogen (secondary N) is 2. The summed E-state index contributed by atoms with van der Waals surface area (Å²) in [5.41, 5.74) is 9.33. The fourth-order valence-electron chi connectivity index (χ4n) is 2.39. The van der Waals surface area contributed by atoms with E-state index in [1.54, 1.807) is 12.4 Å². The normalized spacial score (nSPS) is 11.9. The molecule has 0 saturated carbocycles. The van der Waals surface area contributed by atoms with Gasteiger partial charge in [-0.2, -0.15) is 0 Å². The fraction of sp³-hybridized carbons (Fsp3) is 0.111. The minimum Gasteiger partial charge on any atom is -0.331 e. The number of aromatic nitrogens is 2. The zero-order valence-electron chi connectivity index (χ0n) is 12.6. The first-order chi connectivity index (χ1) is 11.2. The largest absolute Gasteiger partial charge is 0.331 e. The van der Waals surface area contributed by atoms with Gasteiger partial charge in [0.1, 0.15) is 0 Å². The van der Waals surface area contributed by atoms with Gasteiger partial charge in [-0.05, 0) is 16.7 Å². The molecule has 0 radical (unpaired) electrons. The molecule has 0 bridgehead atoms. The maximum Gasteiger partial charge on any atom is 0.228 e. The van der Waals surface area contributed by atoms with Gasteiger partial charge in [-0.3, -0.25) is 10.1 Å². The van der Waals surface area contributed by atoms with Gasteiger partial charge in [0.05, 0.1) is 0 Å². The SMILES string of the molecule is NC(CC(=O)Nc1ncc[nH]1)c1ccc(-c2ccccc2)cc1. The van der Waals surface area contributed by atoms with E-state index < -0.39 is 0 Å². The Kier molecular flexibility index (Phi) is 4.49. The number of carbonyl (C=O) groups excluding carboxylic acids is 1. The van der Waals surface area contributed by atoms with Crippen LogP contribution in [-0.4, -0.2) is 15.9 Å². The van der Waals surface area contributed by atoms with Crippen LogP contribution in [0.5, 0.6) is 0 Å². The molecule has 1 unspecified atom stereocenters. The number of carbonyl (C=O) groups is 1. The summed E-state index contributed by atoms with van der Waals surface area (Å²) in [6, 6.07) is 17.8. The second-order valence-electron chi connectivity index (χ2n) is 5.28. The van der Waals surface area contributed by atoms with E-state index in [9.17, 15) is 4.79 Å². The van der Waals surface area contributed by atoms with Gasteiger partial charge >= 0.3 is 0 Å². The first-order valence-corrected chi connectivity index (χ1v) is 7.42. The third-order valence-electron chi connectivity index (χ3n) is 3.61. The summed E-state index contributed by atoms with van der Waals surface area (Å²) >= 11 is 0. The predicted molar refractivity (Wildman–Crippen MR) is 90.6 cm³/mol. The number of imidazole rings is 1. The summed E-state index contributed by atoms with van der Waals surface area (Å²) in [7, 11) is 0. The third-order valence-corrected chi connectivity index (χ3v) is 3.61. The number of nitrogens with zero attached hydrogens (tertiary/aromatic N) is 1. The van der Waals surface area contributed by atoms with E-state index in [-0.39, 0.29) is 18.4 Å². The molecule has 3 aromatic rings. The molecule has 0 fully saturated rings. The molecule has 0 aliphatic carbocycles. The van der Waals surface area contributed by atoms with Crippen molar-refractivity contribution in [3.8, 4) is 11.1 Å². The number of hydrogen-bond donors (Lipinski definition) is 3. The molecule has 116 valence electrons.